The highest BCUT2D eigenvalue weighted by Crippen LogP contribution is 2.31. The zero-order valence-corrected chi connectivity index (χ0v) is 22.9. The van der Waals surface area contributed by atoms with Crippen molar-refractivity contribution in [3.63, 3.8) is 0 Å². The topological polar surface area (TPSA) is 73.9 Å². The minimum atomic E-state index is -0.177. The van der Waals surface area contributed by atoms with Gasteiger partial charge in [0.1, 0.15) is 5.75 Å². The molecule has 7 heteroatoms. The molecule has 0 aromatic heterocycles. The Labute approximate surface area is 231 Å². The Kier molecular flexibility index (Phi) is 8.35. The number of amides is 2. The van der Waals surface area contributed by atoms with E-state index < -0.39 is 0 Å². The van der Waals surface area contributed by atoms with Gasteiger partial charge in [-0.3, -0.25) is 9.59 Å². The number of unbranched alkanes of at least 4 members (excludes halogenated alkanes) is 1. The van der Waals surface area contributed by atoms with E-state index >= 15 is 0 Å². The van der Waals surface area contributed by atoms with Crippen LogP contribution in [0.3, 0.4) is 0 Å². The second-order valence-electron chi connectivity index (χ2n) is 10.4. The number of rotatable bonds is 10. The van der Waals surface area contributed by atoms with Crippen LogP contribution in [0.25, 0.3) is 0 Å². The largest absolute Gasteiger partial charge is 0.495 e. The van der Waals surface area contributed by atoms with Crippen molar-refractivity contribution < 1.29 is 14.3 Å². The molecule has 7 nitrogen and oxygen atoms in total. The zero-order valence-electron chi connectivity index (χ0n) is 22.9. The van der Waals surface area contributed by atoms with Crippen LogP contribution in [0.1, 0.15) is 58.9 Å². The first kappa shape index (κ1) is 26.6. The summed E-state index contributed by atoms with van der Waals surface area (Å²) >= 11 is 0. The van der Waals surface area contributed by atoms with Gasteiger partial charge >= 0.3 is 0 Å². The maximum atomic E-state index is 13.3. The lowest BCUT2D eigenvalue weighted by Gasteiger charge is -2.38. The van der Waals surface area contributed by atoms with Gasteiger partial charge in [-0.1, -0.05) is 37.6 Å². The van der Waals surface area contributed by atoms with E-state index in [1.54, 1.807) is 7.11 Å². The molecular formula is C32H38N4O3. The summed E-state index contributed by atoms with van der Waals surface area (Å²) in [5, 5.41) is 6.13. The number of hydrogen-bond donors (Lipinski definition) is 2. The molecule has 2 aliphatic rings. The molecule has 0 bridgehead atoms. The van der Waals surface area contributed by atoms with Crippen LogP contribution < -0.4 is 25.2 Å². The number of nitrogens with zero attached hydrogens (tertiary/aromatic N) is 2. The predicted molar refractivity (Wildman–Crippen MR) is 157 cm³/mol. The third kappa shape index (κ3) is 6.53. The van der Waals surface area contributed by atoms with Gasteiger partial charge in [0.25, 0.3) is 11.8 Å². The number of methoxy groups -OCH3 is 1. The molecule has 0 atom stereocenters. The molecule has 0 unspecified atom stereocenters. The minimum absolute atomic E-state index is 0.0870. The highest BCUT2D eigenvalue weighted by molar-refractivity contribution is 6.06. The van der Waals surface area contributed by atoms with Crippen molar-refractivity contribution in [2.45, 2.75) is 45.1 Å². The molecule has 1 aliphatic carbocycles. The van der Waals surface area contributed by atoms with Crippen LogP contribution in [0.4, 0.5) is 17.1 Å². The van der Waals surface area contributed by atoms with Crippen LogP contribution in [-0.2, 0) is 6.42 Å². The number of carbonyl (C=O) groups is 2. The molecule has 1 heterocycles. The fourth-order valence-corrected chi connectivity index (χ4v) is 5.05. The normalized spacial score (nSPS) is 15.1. The Morgan fingerprint density at radius 2 is 1.56 bits per heavy atom. The Morgan fingerprint density at radius 3 is 2.23 bits per heavy atom. The van der Waals surface area contributed by atoms with E-state index in [4.69, 9.17) is 4.74 Å². The third-order valence-corrected chi connectivity index (χ3v) is 7.49. The number of hydrogen-bond acceptors (Lipinski definition) is 5. The summed E-state index contributed by atoms with van der Waals surface area (Å²) in [7, 11) is 1.70. The van der Waals surface area contributed by atoms with Crippen molar-refractivity contribution in [3.8, 4) is 5.75 Å². The first-order valence-electron chi connectivity index (χ1n) is 14.0. The fourth-order valence-electron chi connectivity index (χ4n) is 5.05. The number of para-hydroxylation sites is 2. The Morgan fingerprint density at radius 1 is 0.872 bits per heavy atom. The quantitative estimate of drug-likeness (QED) is 0.365. The van der Waals surface area contributed by atoms with E-state index in [1.807, 2.05) is 60.7 Å². The van der Waals surface area contributed by atoms with Crippen molar-refractivity contribution in [2.24, 2.45) is 0 Å². The summed E-state index contributed by atoms with van der Waals surface area (Å²) in [6.45, 7) is 5.36. The van der Waals surface area contributed by atoms with Gasteiger partial charge in [0.05, 0.1) is 18.4 Å². The molecule has 0 spiro atoms. The molecule has 1 saturated heterocycles. The first-order chi connectivity index (χ1) is 19.1. The lowest BCUT2D eigenvalue weighted by atomic mass is 10.1. The van der Waals surface area contributed by atoms with Crippen molar-refractivity contribution in [2.75, 3.05) is 48.4 Å². The van der Waals surface area contributed by atoms with Gasteiger partial charge in [-0.25, -0.2) is 0 Å². The molecule has 5 rings (SSSR count). The van der Waals surface area contributed by atoms with Gasteiger partial charge in [0, 0.05) is 49.2 Å². The van der Waals surface area contributed by atoms with Gasteiger partial charge in [-0.15, -0.1) is 0 Å². The highest BCUT2D eigenvalue weighted by Gasteiger charge is 2.28. The molecule has 2 fully saturated rings. The average Bonchev–Trinajstić information content (AvgIpc) is 3.80. The number of benzene rings is 3. The smallest absolute Gasteiger partial charge is 0.255 e. The minimum Gasteiger partial charge on any atom is -0.495 e. The SMILES string of the molecule is CCCCc1ccc(C(=O)Nc2ccc(N3CCN(c4ccccc4OC)CC3)c(C(=O)NC3CC3)c2)cc1. The number of aryl methyl sites for hydroxylation is 1. The maximum Gasteiger partial charge on any atom is 0.255 e. The summed E-state index contributed by atoms with van der Waals surface area (Å²) in [4.78, 5) is 30.8. The molecule has 1 saturated carbocycles. The van der Waals surface area contributed by atoms with Crippen molar-refractivity contribution >= 4 is 28.9 Å². The lowest BCUT2D eigenvalue weighted by molar-refractivity contribution is 0.0950. The molecule has 0 radical (unpaired) electrons. The van der Waals surface area contributed by atoms with E-state index in [1.165, 1.54) is 5.56 Å². The molecule has 2 N–H and O–H groups in total. The Bertz CT molecular complexity index is 1300. The van der Waals surface area contributed by atoms with Crippen LogP contribution >= 0.6 is 0 Å². The van der Waals surface area contributed by atoms with Crippen molar-refractivity contribution in [3.05, 3.63) is 83.4 Å². The van der Waals surface area contributed by atoms with E-state index in [0.717, 1.165) is 75.4 Å². The molecule has 39 heavy (non-hydrogen) atoms. The van der Waals surface area contributed by atoms with Crippen LogP contribution in [-0.4, -0.2) is 51.1 Å². The van der Waals surface area contributed by atoms with E-state index in [2.05, 4.69) is 33.4 Å². The molecule has 3 aromatic carbocycles. The van der Waals surface area contributed by atoms with Crippen LogP contribution in [0.15, 0.2) is 66.7 Å². The lowest BCUT2D eigenvalue weighted by Crippen LogP contribution is -2.47. The molecule has 3 aromatic rings. The summed E-state index contributed by atoms with van der Waals surface area (Å²) in [6.07, 6.45) is 5.34. The Hall–Kier alpha value is -4.00. The van der Waals surface area contributed by atoms with Crippen LogP contribution in [0.2, 0.25) is 0 Å². The highest BCUT2D eigenvalue weighted by atomic mass is 16.5. The number of anilines is 3. The molecular weight excluding hydrogens is 488 g/mol. The van der Waals surface area contributed by atoms with Gasteiger partial charge in [0.15, 0.2) is 0 Å². The predicted octanol–water partition coefficient (Wildman–Crippen LogP) is 5.51. The van der Waals surface area contributed by atoms with Crippen LogP contribution in [0, 0.1) is 0 Å². The van der Waals surface area contributed by atoms with E-state index in [-0.39, 0.29) is 17.9 Å². The number of carbonyl (C=O) groups excluding carboxylic acids is 2. The van der Waals surface area contributed by atoms with Crippen LogP contribution in [0.5, 0.6) is 5.75 Å². The third-order valence-electron chi connectivity index (χ3n) is 7.49. The number of piperazine rings is 1. The maximum absolute atomic E-state index is 13.3. The second-order valence-corrected chi connectivity index (χ2v) is 10.4. The number of ether oxygens (including phenoxy) is 1. The molecule has 1 aliphatic heterocycles. The van der Waals surface area contributed by atoms with Gasteiger partial charge in [0.2, 0.25) is 0 Å². The summed E-state index contributed by atoms with van der Waals surface area (Å²) in [5.41, 5.74) is 5.04. The van der Waals surface area contributed by atoms with E-state index in [9.17, 15) is 9.59 Å². The zero-order chi connectivity index (χ0) is 27.2. The number of nitrogens with one attached hydrogen (secondary N) is 2. The van der Waals surface area contributed by atoms with Gasteiger partial charge in [-0.05, 0) is 73.7 Å². The summed E-state index contributed by atoms with van der Waals surface area (Å²) < 4.78 is 5.56. The van der Waals surface area contributed by atoms with E-state index in [0.29, 0.717) is 16.8 Å². The summed E-state index contributed by atoms with van der Waals surface area (Å²) in [5.74, 6) is 0.603. The molecule has 204 valence electrons. The second kappa shape index (κ2) is 12.2. The standard InChI is InChI=1S/C32H38N4O3/c1-3-4-7-23-10-12-24(13-11-23)31(37)34-26-16-17-28(27(22-26)32(38)33-25-14-15-25)35-18-20-36(21-19-35)29-8-5-6-9-30(29)39-2/h5-6,8-13,16-17,22,25H,3-4,7,14-15,18-21H2,1-2H3,(H,33,38)(H,34,37). The first-order valence-corrected chi connectivity index (χ1v) is 14.0. The molecule has 2 amide bonds. The van der Waals surface area contributed by atoms with Gasteiger partial charge < -0.3 is 25.2 Å². The fraction of sp³-hybridized carbons (Fsp3) is 0.375. The average molecular weight is 527 g/mol. The van der Waals surface area contributed by atoms with Crippen molar-refractivity contribution in [1.29, 1.82) is 0 Å². The summed E-state index contributed by atoms with van der Waals surface area (Å²) in [6, 6.07) is 21.8. The monoisotopic (exact) mass is 526 g/mol. The van der Waals surface area contributed by atoms with Gasteiger partial charge in [-0.2, -0.15) is 0 Å². The Balaban J connectivity index is 1.31. The van der Waals surface area contributed by atoms with Crippen molar-refractivity contribution in [1.82, 2.24) is 5.32 Å².